The van der Waals surface area contributed by atoms with E-state index in [1.54, 1.807) is 13.0 Å². The van der Waals surface area contributed by atoms with Crippen LogP contribution in [-0.2, 0) is 9.53 Å². The monoisotopic (exact) mass is 526 g/mol. The molecule has 1 aliphatic rings. The molecule has 9 atom stereocenters. The minimum atomic E-state index is -2.05. The fourth-order valence-corrected chi connectivity index (χ4v) is 3.75. The van der Waals surface area contributed by atoms with Gasteiger partial charge in [0.25, 0.3) is 0 Å². The van der Waals surface area contributed by atoms with Crippen LogP contribution in [0.2, 0.25) is 0 Å². The van der Waals surface area contributed by atoms with E-state index in [2.05, 4.69) is 49.8 Å². The zero-order chi connectivity index (χ0) is 28.2. The van der Waals surface area contributed by atoms with Crippen LogP contribution in [0.4, 0.5) is 0 Å². The topological polar surface area (TPSA) is 168 Å². The SMILES string of the molecule is C[C@H](C/C=C\C=C/CC/C=C/C=C\CCC(C)(C)C)[C@H](O)[C@@H](O)[C@@H](O)[C@@H](O)[C@@H](O)[C@H]1OC(=O)[C@H](O)[C@H]1O. The Labute approximate surface area is 220 Å². The van der Waals surface area contributed by atoms with Gasteiger partial charge < -0.3 is 40.5 Å². The molecule has 0 unspecified atom stereocenters. The summed E-state index contributed by atoms with van der Waals surface area (Å²) >= 11 is 0. The molecule has 0 spiro atoms. The van der Waals surface area contributed by atoms with Crippen molar-refractivity contribution in [3.05, 3.63) is 48.6 Å². The minimum Gasteiger partial charge on any atom is -0.455 e. The third-order valence-electron chi connectivity index (χ3n) is 6.31. The lowest BCUT2D eigenvalue weighted by molar-refractivity contribution is -0.174. The van der Waals surface area contributed by atoms with E-state index in [9.17, 15) is 40.5 Å². The Kier molecular flexibility index (Phi) is 14.5. The Hall–Kier alpha value is -1.85. The second kappa shape index (κ2) is 16.2. The van der Waals surface area contributed by atoms with Gasteiger partial charge in [-0.25, -0.2) is 4.79 Å². The zero-order valence-corrected chi connectivity index (χ0v) is 22.3. The molecule has 37 heavy (non-hydrogen) atoms. The molecule has 212 valence electrons. The Morgan fingerprint density at radius 1 is 0.784 bits per heavy atom. The zero-order valence-electron chi connectivity index (χ0n) is 22.3. The van der Waals surface area contributed by atoms with Crippen molar-refractivity contribution < 1.29 is 45.3 Å². The predicted octanol–water partition coefficient (Wildman–Crippen LogP) is 1.30. The summed E-state index contributed by atoms with van der Waals surface area (Å²) in [4.78, 5) is 11.3. The van der Waals surface area contributed by atoms with Crippen molar-refractivity contribution in [2.24, 2.45) is 11.3 Å². The summed E-state index contributed by atoms with van der Waals surface area (Å²) in [5.41, 5.74) is 0.348. The second-order valence-electron chi connectivity index (χ2n) is 10.9. The molecule has 1 fully saturated rings. The third-order valence-corrected chi connectivity index (χ3v) is 6.31. The average Bonchev–Trinajstić information content (AvgIpc) is 3.10. The van der Waals surface area contributed by atoms with Gasteiger partial charge in [-0.1, -0.05) is 76.3 Å². The van der Waals surface area contributed by atoms with Crippen LogP contribution in [0.5, 0.6) is 0 Å². The highest BCUT2D eigenvalue weighted by Crippen LogP contribution is 2.24. The lowest BCUT2D eigenvalue weighted by atomic mass is 9.89. The van der Waals surface area contributed by atoms with Crippen molar-refractivity contribution in [3.63, 3.8) is 0 Å². The number of unbranched alkanes of at least 4 members (excludes halogenated alkanes) is 1. The van der Waals surface area contributed by atoms with Gasteiger partial charge in [0.2, 0.25) is 0 Å². The number of aliphatic hydroxyl groups is 7. The Balaban J connectivity index is 2.37. The summed E-state index contributed by atoms with van der Waals surface area (Å²) in [5.74, 6) is -1.67. The van der Waals surface area contributed by atoms with Gasteiger partial charge >= 0.3 is 5.97 Å². The molecule has 0 amide bonds. The number of hydrogen-bond acceptors (Lipinski definition) is 9. The molecule has 9 nitrogen and oxygen atoms in total. The fourth-order valence-electron chi connectivity index (χ4n) is 3.75. The molecule has 7 N–H and O–H groups in total. The predicted molar refractivity (Wildman–Crippen MR) is 140 cm³/mol. The Bertz CT molecular complexity index is 783. The molecule has 0 bridgehead atoms. The van der Waals surface area contributed by atoms with Crippen LogP contribution in [-0.4, -0.2) is 90.5 Å². The first-order valence-electron chi connectivity index (χ1n) is 12.9. The summed E-state index contributed by atoms with van der Waals surface area (Å²) in [5, 5.41) is 70.3. The van der Waals surface area contributed by atoms with E-state index in [-0.39, 0.29) is 0 Å². The van der Waals surface area contributed by atoms with E-state index in [1.807, 2.05) is 18.2 Å². The maximum Gasteiger partial charge on any atom is 0.338 e. The van der Waals surface area contributed by atoms with Gasteiger partial charge in [-0.2, -0.15) is 0 Å². The second-order valence-corrected chi connectivity index (χ2v) is 10.9. The number of esters is 1. The molecule has 0 aliphatic carbocycles. The van der Waals surface area contributed by atoms with Crippen molar-refractivity contribution in [1.82, 2.24) is 0 Å². The first-order valence-corrected chi connectivity index (χ1v) is 12.9. The molecule has 1 aliphatic heterocycles. The van der Waals surface area contributed by atoms with Gasteiger partial charge in [0.1, 0.15) is 30.5 Å². The summed E-state index contributed by atoms with van der Waals surface area (Å²) in [7, 11) is 0. The van der Waals surface area contributed by atoms with Gasteiger partial charge in [-0.3, -0.25) is 0 Å². The van der Waals surface area contributed by atoms with E-state index in [0.29, 0.717) is 11.8 Å². The Morgan fingerprint density at radius 2 is 1.27 bits per heavy atom. The minimum absolute atomic E-state index is 0.348. The van der Waals surface area contributed by atoms with Gasteiger partial charge in [0.05, 0.1) is 6.10 Å². The van der Waals surface area contributed by atoms with Crippen molar-refractivity contribution in [3.8, 4) is 0 Å². The lowest BCUT2D eigenvalue weighted by Crippen LogP contribution is -2.55. The molecule has 0 aromatic rings. The molecule has 0 radical (unpaired) electrons. The largest absolute Gasteiger partial charge is 0.455 e. The highest BCUT2D eigenvalue weighted by atomic mass is 16.6. The quantitative estimate of drug-likeness (QED) is 0.0945. The number of ether oxygens (including phenoxy) is 1. The fraction of sp³-hybridized carbons (Fsp3) is 0.679. The van der Waals surface area contributed by atoms with Gasteiger partial charge in [0.15, 0.2) is 12.2 Å². The molecule has 0 aromatic carbocycles. The smallest absolute Gasteiger partial charge is 0.338 e. The normalized spacial score (nSPS) is 26.2. The van der Waals surface area contributed by atoms with Crippen LogP contribution in [0.1, 0.15) is 59.8 Å². The van der Waals surface area contributed by atoms with Crippen molar-refractivity contribution in [2.45, 2.75) is 109 Å². The summed E-state index contributed by atoms with van der Waals surface area (Å²) < 4.78 is 4.62. The van der Waals surface area contributed by atoms with Gasteiger partial charge in [0, 0.05) is 0 Å². The number of aliphatic hydroxyl groups excluding tert-OH is 7. The summed E-state index contributed by atoms with van der Waals surface area (Å²) in [6, 6.07) is 0. The van der Waals surface area contributed by atoms with Crippen LogP contribution in [0.3, 0.4) is 0 Å². The van der Waals surface area contributed by atoms with Gasteiger partial charge in [-0.15, -0.1) is 0 Å². The first-order chi connectivity index (χ1) is 17.3. The van der Waals surface area contributed by atoms with E-state index in [0.717, 1.165) is 25.7 Å². The number of carbonyl (C=O) groups excluding carboxylic acids is 1. The molecule has 1 saturated heterocycles. The van der Waals surface area contributed by atoms with Crippen LogP contribution < -0.4 is 0 Å². The maximum atomic E-state index is 11.3. The molecule has 1 rings (SSSR count). The molecule has 1 heterocycles. The van der Waals surface area contributed by atoms with Crippen molar-refractivity contribution >= 4 is 5.97 Å². The number of hydrogen-bond donors (Lipinski definition) is 7. The highest BCUT2D eigenvalue weighted by Gasteiger charge is 2.50. The third kappa shape index (κ3) is 11.6. The molecule has 9 heteroatoms. The lowest BCUT2D eigenvalue weighted by Gasteiger charge is -2.33. The Morgan fingerprint density at radius 3 is 1.76 bits per heavy atom. The molecule has 0 aromatic heterocycles. The van der Waals surface area contributed by atoms with Crippen molar-refractivity contribution in [2.75, 3.05) is 0 Å². The summed E-state index contributed by atoms with van der Waals surface area (Å²) in [6.45, 7) is 8.34. The number of carbonyl (C=O) groups is 1. The van der Waals surface area contributed by atoms with Crippen LogP contribution in [0.15, 0.2) is 48.6 Å². The number of cyclic esters (lactones) is 1. The van der Waals surface area contributed by atoms with E-state index < -0.39 is 60.7 Å². The van der Waals surface area contributed by atoms with Gasteiger partial charge in [-0.05, 0) is 43.4 Å². The highest BCUT2D eigenvalue weighted by molar-refractivity contribution is 5.77. The molecular formula is C28H46O9. The molecular weight excluding hydrogens is 480 g/mol. The standard InChI is InChI=1S/C28H46O9/c1-18(16-14-12-10-8-6-5-7-9-11-13-15-17-28(2,3)4)19(29)20(30)21(31)22(32)23(33)26-24(34)25(35)27(36)37-26/h7-14,18-26,29-35H,5-6,15-17H2,1-4H3/b9-7+,10-8-,13-11-,14-12-/t18-,19+,20-,21-,22-,23-,24-,25-,26-/m1/s1. The van der Waals surface area contributed by atoms with Crippen LogP contribution >= 0.6 is 0 Å². The van der Waals surface area contributed by atoms with Crippen LogP contribution in [0.25, 0.3) is 0 Å². The van der Waals surface area contributed by atoms with E-state index >= 15 is 0 Å². The van der Waals surface area contributed by atoms with E-state index in [1.165, 1.54) is 0 Å². The number of allylic oxidation sites excluding steroid dienone is 8. The average molecular weight is 527 g/mol. The molecule has 0 saturated carbocycles. The number of rotatable bonds is 15. The maximum absolute atomic E-state index is 11.3. The van der Waals surface area contributed by atoms with Crippen molar-refractivity contribution in [1.29, 1.82) is 0 Å². The first kappa shape index (κ1) is 33.2. The van der Waals surface area contributed by atoms with E-state index in [4.69, 9.17) is 0 Å². The summed E-state index contributed by atoms with van der Waals surface area (Å²) in [6.07, 6.45) is 5.65. The van der Waals surface area contributed by atoms with Crippen LogP contribution in [0, 0.1) is 11.3 Å².